The number of rotatable bonds is 5. The van der Waals surface area contributed by atoms with Crippen molar-refractivity contribution in [2.45, 2.75) is 45.6 Å². The molecule has 4 heteroatoms. The van der Waals surface area contributed by atoms with E-state index in [0.717, 1.165) is 24.7 Å². The van der Waals surface area contributed by atoms with Gasteiger partial charge in [-0.05, 0) is 30.4 Å². The molecule has 0 amide bonds. The molecule has 1 aromatic rings. The van der Waals surface area contributed by atoms with Crippen LogP contribution < -0.4 is 0 Å². The molecular formula is C10H16ClN3. The lowest BCUT2D eigenvalue weighted by Crippen LogP contribution is -2.03. The zero-order valence-corrected chi connectivity index (χ0v) is 9.30. The van der Waals surface area contributed by atoms with Crippen molar-refractivity contribution >= 4 is 11.6 Å². The van der Waals surface area contributed by atoms with Crippen molar-refractivity contribution in [2.24, 2.45) is 5.92 Å². The molecule has 0 atom stereocenters. The molecule has 3 nitrogen and oxygen atoms in total. The van der Waals surface area contributed by atoms with Crippen molar-refractivity contribution in [3.63, 3.8) is 0 Å². The molecule has 0 saturated heterocycles. The maximum atomic E-state index is 5.94. The first kappa shape index (κ1) is 9.97. The van der Waals surface area contributed by atoms with Gasteiger partial charge >= 0.3 is 0 Å². The lowest BCUT2D eigenvalue weighted by Gasteiger charge is -2.05. The minimum Gasteiger partial charge on any atom is -0.302 e. The van der Waals surface area contributed by atoms with Crippen molar-refractivity contribution in [1.29, 1.82) is 0 Å². The molecule has 1 saturated carbocycles. The van der Waals surface area contributed by atoms with Crippen molar-refractivity contribution in [3.8, 4) is 0 Å². The van der Waals surface area contributed by atoms with Crippen LogP contribution >= 0.6 is 11.6 Å². The first-order valence-electron chi connectivity index (χ1n) is 5.39. The van der Waals surface area contributed by atoms with Crippen molar-refractivity contribution < 1.29 is 0 Å². The summed E-state index contributed by atoms with van der Waals surface area (Å²) >= 11 is 5.94. The summed E-state index contributed by atoms with van der Waals surface area (Å²) in [7, 11) is 0. The molecule has 0 aromatic carbocycles. The topological polar surface area (TPSA) is 30.7 Å². The highest BCUT2D eigenvalue weighted by atomic mass is 35.5. The Balaban J connectivity index is 1.88. The van der Waals surface area contributed by atoms with Crippen LogP contribution in [0.1, 0.15) is 38.4 Å². The largest absolute Gasteiger partial charge is 0.302 e. The summed E-state index contributed by atoms with van der Waals surface area (Å²) in [5.41, 5.74) is 0. The summed E-state index contributed by atoms with van der Waals surface area (Å²) in [5, 5.41) is 8.45. The maximum absolute atomic E-state index is 5.94. The highest BCUT2D eigenvalue weighted by molar-refractivity contribution is 6.28. The van der Waals surface area contributed by atoms with Gasteiger partial charge in [-0.1, -0.05) is 19.8 Å². The maximum Gasteiger partial charge on any atom is 0.225 e. The fourth-order valence-electron chi connectivity index (χ4n) is 1.74. The Labute approximate surface area is 89.5 Å². The number of halogens is 1. The van der Waals surface area contributed by atoms with Crippen LogP contribution in [0.15, 0.2) is 0 Å². The van der Waals surface area contributed by atoms with Gasteiger partial charge in [0.05, 0.1) is 0 Å². The van der Waals surface area contributed by atoms with E-state index in [1.807, 2.05) is 4.57 Å². The number of aromatic nitrogens is 3. The molecule has 1 aliphatic rings. The van der Waals surface area contributed by atoms with Gasteiger partial charge in [-0.3, -0.25) is 0 Å². The minimum absolute atomic E-state index is 0.539. The lowest BCUT2D eigenvalue weighted by atomic mass is 10.2. The SMILES string of the molecule is CCc1nnc(Cl)n1CCCC1CC1. The van der Waals surface area contributed by atoms with Crippen LogP contribution in [0.4, 0.5) is 0 Å². The molecule has 0 spiro atoms. The first-order chi connectivity index (χ1) is 6.81. The molecule has 0 radical (unpaired) electrons. The van der Waals surface area contributed by atoms with Crippen LogP contribution in [0.25, 0.3) is 0 Å². The van der Waals surface area contributed by atoms with Gasteiger partial charge in [-0.15, -0.1) is 10.2 Å². The molecule has 14 heavy (non-hydrogen) atoms. The van der Waals surface area contributed by atoms with E-state index < -0.39 is 0 Å². The summed E-state index contributed by atoms with van der Waals surface area (Å²) in [6.07, 6.45) is 6.29. The summed E-state index contributed by atoms with van der Waals surface area (Å²) in [6.45, 7) is 3.06. The van der Waals surface area contributed by atoms with Crippen LogP contribution in [0.2, 0.25) is 5.28 Å². The van der Waals surface area contributed by atoms with E-state index in [9.17, 15) is 0 Å². The summed E-state index contributed by atoms with van der Waals surface area (Å²) in [6, 6.07) is 0. The lowest BCUT2D eigenvalue weighted by molar-refractivity contribution is 0.561. The summed E-state index contributed by atoms with van der Waals surface area (Å²) in [5.74, 6) is 2.00. The van der Waals surface area contributed by atoms with Gasteiger partial charge in [0.15, 0.2) is 0 Å². The van der Waals surface area contributed by atoms with Crippen LogP contribution in [-0.4, -0.2) is 14.8 Å². The van der Waals surface area contributed by atoms with E-state index in [2.05, 4.69) is 17.1 Å². The quantitative estimate of drug-likeness (QED) is 0.753. The molecule has 1 heterocycles. The van der Waals surface area contributed by atoms with Crippen molar-refractivity contribution in [2.75, 3.05) is 0 Å². The van der Waals surface area contributed by atoms with E-state index in [-0.39, 0.29) is 0 Å². The number of hydrogen-bond donors (Lipinski definition) is 0. The Morgan fingerprint density at radius 1 is 1.43 bits per heavy atom. The second kappa shape index (κ2) is 4.30. The molecule has 0 unspecified atom stereocenters. The minimum atomic E-state index is 0.539. The van der Waals surface area contributed by atoms with Gasteiger partial charge in [-0.2, -0.15) is 0 Å². The molecule has 0 aliphatic heterocycles. The van der Waals surface area contributed by atoms with Crippen LogP contribution in [0.5, 0.6) is 0 Å². The molecule has 0 bridgehead atoms. The Bertz CT molecular complexity index is 304. The molecule has 1 fully saturated rings. The molecule has 2 rings (SSSR count). The van der Waals surface area contributed by atoms with Gasteiger partial charge < -0.3 is 4.57 Å². The van der Waals surface area contributed by atoms with E-state index in [1.54, 1.807) is 0 Å². The Kier molecular flexibility index (Phi) is 3.06. The number of nitrogens with zero attached hydrogens (tertiary/aromatic N) is 3. The highest BCUT2D eigenvalue weighted by Crippen LogP contribution is 2.33. The average molecular weight is 214 g/mol. The van der Waals surface area contributed by atoms with Crippen molar-refractivity contribution in [3.05, 3.63) is 11.1 Å². The van der Waals surface area contributed by atoms with Gasteiger partial charge in [0.1, 0.15) is 5.82 Å². The second-order valence-corrected chi connectivity index (χ2v) is 4.31. The number of hydrogen-bond acceptors (Lipinski definition) is 2. The van der Waals surface area contributed by atoms with E-state index in [0.29, 0.717) is 5.28 Å². The summed E-state index contributed by atoms with van der Waals surface area (Å²) < 4.78 is 2.03. The van der Waals surface area contributed by atoms with Gasteiger partial charge in [0, 0.05) is 13.0 Å². The van der Waals surface area contributed by atoms with Crippen LogP contribution in [0, 0.1) is 5.92 Å². The number of aryl methyl sites for hydroxylation is 1. The fraction of sp³-hybridized carbons (Fsp3) is 0.800. The highest BCUT2D eigenvalue weighted by Gasteiger charge is 2.20. The Morgan fingerprint density at radius 3 is 2.86 bits per heavy atom. The van der Waals surface area contributed by atoms with E-state index in [1.165, 1.54) is 25.7 Å². The van der Waals surface area contributed by atoms with E-state index >= 15 is 0 Å². The van der Waals surface area contributed by atoms with Gasteiger partial charge in [0.25, 0.3) is 0 Å². The Hall–Kier alpha value is -0.570. The predicted octanol–water partition coefficient (Wildman–Crippen LogP) is 2.68. The normalized spacial score (nSPS) is 16.1. The van der Waals surface area contributed by atoms with Crippen molar-refractivity contribution in [1.82, 2.24) is 14.8 Å². The van der Waals surface area contributed by atoms with E-state index in [4.69, 9.17) is 11.6 Å². The molecule has 1 aliphatic carbocycles. The standard InChI is InChI=1S/C10H16ClN3/c1-2-9-12-13-10(11)14(9)7-3-4-8-5-6-8/h8H,2-7H2,1H3. The van der Waals surface area contributed by atoms with Crippen LogP contribution in [-0.2, 0) is 13.0 Å². The third-order valence-electron chi connectivity index (χ3n) is 2.79. The van der Waals surface area contributed by atoms with Gasteiger partial charge in [-0.25, -0.2) is 0 Å². The third-order valence-corrected chi connectivity index (χ3v) is 3.07. The monoisotopic (exact) mass is 213 g/mol. The first-order valence-corrected chi connectivity index (χ1v) is 5.76. The van der Waals surface area contributed by atoms with Crippen LogP contribution in [0.3, 0.4) is 0 Å². The zero-order valence-electron chi connectivity index (χ0n) is 8.54. The van der Waals surface area contributed by atoms with Gasteiger partial charge in [0.2, 0.25) is 5.28 Å². The average Bonchev–Trinajstić information content (AvgIpc) is 2.93. The molecule has 78 valence electrons. The predicted molar refractivity (Wildman–Crippen MR) is 56.4 cm³/mol. The Morgan fingerprint density at radius 2 is 2.21 bits per heavy atom. The second-order valence-electron chi connectivity index (χ2n) is 3.98. The smallest absolute Gasteiger partial charge is 0.225 e. The fourth-order valence-corrected chi connectivity index (χ4v) is 1.96. The third kappa shape index (κ3) is 2.27. The summed E-state index contributed by atoms with van der Waals surface area (Å²) in [4.78, 5) is 0. The zero-order chi connectivity index (χ0) is 9.97. The molecule has 1 aromatic heterocycles. The molecular weight excluding hydrogens is 198 g/mol. The molecule has 0 N–H and O–H groups in total.